The van der Waals surface area contributed by atoms with Crippen LogP contribution in [-0.2, 0) is 0 Å². The summed E-state index contributed by atoms with van der Waals surface area (Å²) < 4.78 is 0. The van der Waals surface area contributed by atoms with Gasteiger partial charge in [-0.05, 0) is 43.7 Å². The second-order valence-corrected chi connectivity index (χ2v) is 6.05. The number of pyridine rings is 1. The average Bonchev–Trinajstić information content (AvgIpc) is 2.45. The first-order valence-corrected chi connectivity index (χ1v) is 7.48. The Morgan fingerprint density at radius 3 is 2.35 bits per heavy atom. The Balaban J connectivity index is 2.05. The molecule has 1 saturated carbocycles. The lowest BCUT2D eigenvalue weighted by molar-refractivity contribution is 0.0652. The van der Waals surface area contributed by atoms with Crippen LogP contribution in [0.15, 0.2) is 12.1 Å². The maximum atomic E-state index is 12.4. The molecule has 1 aromatic heterocycles. The van der Waals surface area contributed by atoms with Gasteiger partial charge in [0.25, 0.3) is 5.91 Å². The smallest absolute Gasteiger partial charge is 0.254 e. The minimum Gasteiger partial charge on any atom is -0.396 e. The number of aromatic nitrogens is 1. The average molecular weight is 317 g/mol. The molecule has 110 valence electrons. The van der Waals surface area contributed by atoms with Crippen LogP contribution in [0.25, 0.3) is 0 Å². The molecule has 1 aliphatic carbocycles. The van der Waals surface area contributed by atoms with E-state index in [1.165, 1.54) is 12.1 Å². The third-order valence-electron chi connectivity index (χ3n) is 3.95. The highest BCUT2D eigenvalue weighted by Crippen LogP contribution is 2.27. The fourth-order valence-corrected chi connectivity index (χ4v) is 3.13. The van der Waals surface area contributed by atoms with Crippen LogP contribution in [0.4, 0.5) is 0 Å². The van der Waals surface area contributed by atoms with E-state index in [-0.39, 0.29) is 28.9 Å². The van der Waals surface area contributed by atoms with Crippen LogP contribution in [0.2, 0.25) is 10.3 Å². The minimum absolute atomic E-state index is 0.0938. The van der Waals surface area contributed by atoms with Gasteiger partial charge in [0, 0.05) is 25.3 Å². The van der Waals surface area contributed by atoms with Gasteiger partial charge in [-0.15, -0.1) is 0 Å². The zero-order valence-electron chi connectivity index (χ0n) is 11.4. The Morgan fingerprint density at radius 2 is 1.85 bits per heavy atom. The van der Waals surface area contributed by atoms with Gasteiger partial charge in [-0.25, -0.2) is 4.98 Å². The molecule has 0 spiro atoms. The molecule has 1 aliphatic rings. The summed E-state index contributed by atoms with van der Waals surface area (Å²) in [5.41, 5.74) is 0.460. The molecule has 4 nitrogen and oxygen atoms in total. The highest BCUT2D eigenvalue weighted by Gasteiger charge is 2.27. The molecule has 20 heavy (non-hydrogen) atoms. The number of hydrogen-bond acceptors (Lipinski definition) is 3. The number of nitrogens with zero attached hydrogens (tertiary/aromatic N) is 2. The maximum Gasteiger partial charge on any atom is 0.254 e. The van der Waals surface area contributed by atoms with Gasteiger partial charge in [0.1, 0.15) is 10.3 Å². The van der Waals surface area contributed by atoms with Crippen molar-refractivity contribution in [2.75, 3.05) is 13.7 Å². The van der Waals surface area contributed by atoms with Crippen molar-refractivity contribution in [2.24, 2.45) is 5.92 Å². The van der Waals surface area contributed by atoms with E-state index in [4.69, 9.17) is 28.3 Å². The van der Waals surface area contributed by atoms with Gasteiger partial charge in [-0.1, -0.05) is 23.2 Å². The first-order valence-electron chi connectivity index (χ1n) is 6.72. The summed E-state index contributed by atoms with van der Waals surface area (Å²) in [6.45, 7) is 0.236. The summed E-state index contributed by atoms with van der Waals surface area (Å²) in [6, 6.07) is 3.27. The van der Waals surface area contributed by atoms with Gasteiger partial charge in [-0.3, -0.25) is 4.79 Å². The molecule has 0 aliphatic heterocycles. The van der Waals surface area contributed by atoms with Crippen LogP contribution < -0.4 is 0 Å². The lowest BCUT2D eigenvalue weighted by Gasteiger charge is -2.34. The first-order chi connectivity index (χ1) is 9.51. The molecule has 2 rings (SSSR count). The summed E-state index contributed by atoms with van der Waals surface area (Å²) in [4.78, 5) is 18.0. The number of halogens is 2. The third kappa shape index (κ3) is 3.62. The number of aliphatic hydroxyl groups is 1. The number of aliphatic hydroxyl groups excluding tert-OH is 1. The molecule has 0 saturated heterocycles. The fourth-order valence-electron chi connectivity index (χ4n) is 2.67. The van der Waals surface area contributed by atoms with E-state index in [9.17, 15) is 4.79 Å². The Hall–Kier alpha value is -0.840. The molecule has 0 bridgehead atoms. The fraction of sp³-hybridized carbons (Fsp3) is 0.571. The summed E-state index contributed by atoms with van der Waals surface area (Å²) in [5, 5.41) is 9.59. The minimum atomic E-state index is -0.0938. The lowest BCUT2D eigenvalue weighted by Crippen LogP contribution is -2.39. The van der Waals surface area contributed by atoms with Crippen molar-refractivity contribution in [1.29, 1.82) is 0 Å². The van der Waals surface area contributed by atoms with Crippen molar-refractivity contribution in [2.45, 2.75) is 31.7 Å². The van der Waals surface area contributed by atoms with Crippen molar-refractivity contribution in [3.63, 3.8) is 0 Å². The second kappa shape index (κ2) is 6.74. The highest BCUT2D eigenvalue weighted by atomic mass is 35.5. The van der Waals surface area contributed by atoms with Crippen LogP contribution in [0.3, 0.4) is 0 Å². The maximum absolute atomic E-state index is 12.4. The predicted molar refractivity (Wildman–Crippen MR) is 79.2 cm³/mol. The standard InChI is InChI=1S/C14H18Cl2N2O2/c1-18(11-4-2-9(8-19)3-5-11)14(20)10-6-12(15)17-13(16)7-10/h6-7,9,11,19H,2-5,8H2,1H3. The number of rotatable bonds is 3. The molecule has 0 unspecified atom stereocenters. The number of hydrogen-bond donors (Lipinski definition) is 1. The summed E-state index contributed by atoms with van der Waals surface area (Å²) >= 11 is 11.7. The summed E-state index contributed by atoms with van der Waals surface area (Å²) in [5.74, 6) is 0.281. The zero-order chi connectivity index (χ0) is 14.7. The van der Waals surface area contributed by atoms with Crippen molar-refractivity contribution >= 4 is 29.1 Å². The predicted octanol–water partition coefficient (Wildman–Crippen LogP) is 3.01. The summed E-state index contributed by atoms with van der Waals surface area (Å²) in [6.07, 6.45) is 3.74. The normalized spacial score (nSPS) is 22.6. The van der Waals surface area contributed by atoms with Crippen LogP contribution in [0.1, 0.15) is 36.0 Å². The van der Waals surface area contributed by atoms with Crippen molar-refractivity contribution in [3.8, 4) is 0 Å². The second-order valence-electron chi connectivity index (χ2n) is 5.27. The molecular formula is C14H18Cl2N2O2. The molecular weight excluding hydrogens is 299 g/mol. The van der Waals surface area contributed by atoms with E-state index in [0.29, 0.717) is 11.5 Å². The largest absolute Gasteiger partial charge is 0.396 e. The van der Waals surface area contributed by atoms with Gasteiger partial charge >= 0.3 is 0 Å². The van der Waals surface area contributed by atoms with E-state index in [2.05, 4.69) is 4.98 Å². The van der Waals surface area contributed by atoms with E-state index < -0.39 is 0 Å². The van der Waals surface area contributed by atoms with Crippen LogP contribution in [0.5, 0.6) is 0 Å². The van der Waals surface area contributed by atoms with Crippen LogP contribution >= 0.6 is 23.2 Å². The van der Waals surface area contributed by atoms with Gasteiger partial charge in [0.2, 0.25) is 0 Å². The molecule has 6 heteroatoms. The molecule has 1 N–H and O–H groups in total. The van der Waals surface area contributed by atoms with Gasteiger partial charge in [0.15, 0.2) is 0 Å². The Morgan fingerprint density at radius 1 is 1.30 bits per heavy atom. The van der Waals surface area contributed by atoms with E-state index in [0.717, 1.165) is 25.7 Å². The third-order valence-corrected chi connectivity index (χ3v) is 4.34. The highest BCUT2D eigenvalue weighted by molar-refractivity contribution is 6.33. The van der Waals surface area contributed by atoms with Gasteiger partial charge < -0.3 is 10.0 Å². The SMILES string of the molecule is CN(C(=O)c1cc(Cl)nc(Cl)c1)C1CCC(CO)CC1. The molecule has 1 heterocycles. The van der Waals surface area contributed by atoms with E-state index in [1.807, 2.05) is 0 Å². The Labute approximate surface area is 128 Å². The molecule has 1 amide bonds. The van der Waals surface area contributed by atoms with Crippen molar-refractivity contribution < 1.29 is 9.90 Å². The molecule has 0 radical (unpaired) electrons. The molecule has 0 atom stereocenters. The van der Waals surface area contributed by atoms with Gasteiger partial charge in [0.05, 0.1) is 0 Å². The number of amides is 1. The monoisotopic (exact) mass is 316 g/mol. The number of carbonyl (C=O) groups is 1. The van der Waals surface area contributed by atoms with Crippen molar-refractivity contribution in [1.82, 2.24) is 9.88 Å². The molecule has 1 aromatic rings. The summed E-state index contributed by atoms with van der Waals surface area (Å²) in [7, 11) is 1.80. The molecule has 1 fully saturated rings. The first kappa shape index (κ1) is 15.5. The van der Waals surface area contributed by atoms with E-state index >= 15 is 0 Å². The Kier molecular flexibility index (Phi) is 5.24. The Bertz CT molecular complexity index is 468. The quantitative estimate of drug-likeness (QED) is 0.872. The van der Waals surface area contributed by atoms with Crippen LogP contribution in [0, 0.1) is 5.92 Å². The van der Waals surface area contributed by atoms with Crippen LogP contribution in [-0.4, -0.2) is 40.6 Å². The topological polar surface area (TPSA) is 53.4 Å². The zero-order valence-corrected chi connectivity index (χ0v) is 12.9. The molecule has 0 aromatic carbocycles. The van der Waals surface area contributed by atoms with Crippen molar-refractivity contribution in [3.05, 3.63) is 28.0 Å². The van der Waals surface area contributed by atoms with E-state index in [1.54, 1.807) is 11.9 Å². The number of carbonyl (C=O) groups excluding carboxylic acids is 1. The lowest BCUT2D eigenvalue weighted by atomic mass is 9.86. The van der Waals surface area contributed by atoms with Gasteiger partial charge in [-0.2, -0.15) is 0 Å².